The summed E-state index contributed by atoms with van der Waals surface area (Å²) in [6.45, 7) is 7.23. The molecule has 27 heavy (non-hydrogen) atoms. The van der Waals surface area contributed by atoms with Crippen molar-refractivity contribution in [1.82, 2.24) is 4.31 Å². The molecule has 0 aromatic heterocycles. The quantitative estimate of drug-likeness (QED) is 0.728. The van der Waals surface area contributed by atoms with E-state index in [1.165, 1.54) is 34.1 Å². The summed E-state index contributed by atoms with van der Waals surface area (Å²) >= 11 is 0. The first kappa shape index (κ1) is 21.1. The van der Waals surface area contributed by atoms with Gasteiger partial charge in [-0.05, 0) is 40.8 Å². The minimum Gasteiger partial charge on any atom is -0.383 e. The van der Waals surface area contributed by atoms with Crippen LogP contribution in [0.15, 0.2) is 53.4 Å². The highest BCUT2D eigenvalue weighted by Gasteiger charge is 2.24. The standard InChI is InChI=1S/C21H26N2O3S/c1-21(2,3)19-9-5-18(6-10-19)16-23(13-14-26-4)27(24,25)20-11-7-17(15-22)8-12-20/h5-12H,13-14,16H2,1-4H3. The number of methoxy groups -OCH3 is 1. The van der Waals surface area contributed by atoms with Crippen LogP contribution in [0.3, 0.4) is 0 Å². The van der Waals surface area contributed by atoms with E-state index >= 15 is 0 Å². The molecule has 5 nitrogen and oxygen atoms in total. The van der Waals surface area contributed by atoms with Gasteiger partial charge in [0.15, 0.2) is 0 Å². The summed E-state index contributed by atoms with van der Waals surface area (Å²) in [7, 11) is -2.14. The Labute approximate surface area is 162 Å². The van der Waals surface area contributed by atoms with Gasteiger partial charge in [0.25, 0.3) is 0 Å². The van der Waals surface area contributed by atoms with Gasteiger partial charge in [-0.1, -0.05) is 45.0 Å². The Bertz CT molecular complexity index is 890. The third-order valence-corrected chi connectivity index (χ3v) is 6.20. The maximum Gasteiger partial charge on any atom is 0.243 e. The molecule has 0 bridgehead atoms. The molecule has 0 saturated carbocycles. The molecule has 0 amide bonds. The maximum absolute atomic E-state index is 13.1. The van der Waals surface area contributed by atoms with E-state index in [1.54, 1.807) is 7.11 Å². The SMILES string of the molecule is COCCN(Cc1ccc(C(C)(C)C)cc1)S(=O)(=O)c1ccc(C#N)cc1. The van der Waals surface area contributed by atoms with Crippen LogP contribution in [-0.2, 0) is 26.7 Å². The molecule has 2 aromatic carbocycles. The molecule has 0 N–H and O–H groups in total. The van der Waals surface area contributed by atoms with E-state index in [-0.39, 0.29) is 23.4 Å². The van der Waals surface area contributed by atoms with Crippen molar-refractivity contribution in [1.29, 1.82) is 5.26 Å². The lowest BCUT2D eigenvalue weighted by molar-refractivity contribution is 0.177. The number of benzene rings is 2. The molecule has 2 aromatic rings. The Kier molecular flexibility index (Phi) is 6.77. The summed E-state index contributed by atoms with van der Waals surface area (Å²) in [4.78, 5) is 0.170. The highest BCUT2D eigenvalue weighted by Crippen LogP contribution is 2.24. The van der Waals surface area contributed by atoms with Crippen molar-refractivity contribution < 1.29 is 13.2 Å². The molecule has 0 atom stereocenters. The van der Waals surface area contributed by atoms with E-state index in [9.17, 15) is 8.42 Å². The minimum atomic E-state index is -3.69. The van der Waals surface area contributed by atoms with Crippen molar-refractivity contribution in [2.45, 2.75) is 37.6 Å². The maximum atomic E-state index is 13.1. The second-order valence-corrected chi connectivity index (χ2v) is 9.35. The third-order valence-electron chi connectivity index (χ3n) is 4.34. The van der Waals surface area contributed by atoms with E-state index in [0.717, 1.165) is 5.56 Å². The van der Waals surface area contributed by atoms with Crippen molar-refractivity contribution >= 4 is 10.0 Å². The molecule has 0 spiro atoms. The Morgan fingerprint density at radius 1 is 1.04 bits per heavy atom. The lowest BCUT2D eigenvalue weighted by atomic mass is 9.87. The Morgan fingerprint density at radius 3 is 2.11 bits per heavy atom. The van der Waals surface area contributed by atoms with E-state index in [0.29, 0.717) is 12.2 Å². The van der Waals surface area contributed by atoms with Crippen LogP contribution >= 0.6 is 0 Å². The number of rotatable bonds is 7. The van der Waals surface area contributed by atoms with E-state index in [4.69, 9.17) is 10.00 Å². The topological polar surface area (TPSA) is 70.4 Å². The Hall–Kier alpha value is -2.20. The van der Waals surface area contributed by atoms with Gasteiger partial charge in [-0.15, -0.1) is 0 Å². The third kappa shape index (κ3) is 5.39. The monoisotopic (exact) mass is 386 g/mol. The number of hydrogen-bond acceptors (Lipinski definition) is 4. The Morgan fingerprint density at radius 2 is 1.63 bits per heavy atom. The average Bonchev–Trinajstić information content (AvgIpc) is 2.64. The smallest absolute Gasteiger partial charge is 0.243 e. The van der Waals surface area contributed by atoms with Crippen LogP contribution < -0.4 is 0 Å². The number of sulfonamides is 1. The van der Waals surface area contributed by atoms with Crippen LogP contribution in [0.4, 0.5) is 0 Å². The summed E-state index contributed by atoms with van der Waals surface area (Å²) in [6.07, 6.45) is 0. The second kappa shape index (κ2) is 8.66. The fraction of sp³-hybridized carbons (Fsp3) is 0.381. The van der Waals surface area contributed by atoms with Gasteiger partial charge >= 0.3 is 0 Å². The molecule has 144 valence electrons. The van der Waals surface area contributed by atoms with Gasteiger partial charge in [-0.2, -0.15) is 9.57 Å². The van der Waals surface area contributed by atoms with Crippen LogP contribution in [-0.4, -0.2) is 33.0 Å². The van der Waals surface area contributed by atoms with Crippen molar-refractivity contribution in [2.75, 3.05) is 20.3 Å². The van der Waals surface area contributed by atoms with E-state index in [1.807, 2.05) is 30.3 Å². The van der Waals surface area contributed by atoms with Gasteiger partial charge in [0, 0.05) is 20.2 Å². The molecular weight excluding hydrogens is 360 g/mol. The molecule has 0 radical (unpaired) electrons. The predicted octanol–water partition coefficient (Wildman–Crippen LogP) is 3.69. The number of nitriles is 1. The van der Waals surface area contributed by atoms with Crippen molar-refractivity contribution in [3.63, 3.8) is 0 Å². The summed E-state index contributed by atoms with van der Waals surface area (Å²) in [5, 5.41) is 8.90. The molecule has 0 heterocycles. The van der Waals surface area contributed by atoms with E-state index < -0.39 is 10.0 Å². The molecule has 0 aliphatic rings. The van der Waals surface area contributed by atoms with Gasteiger partial charge in [-0.25, -0.2) is 8.42 Å². The molecule has 0 aliphatic heterocycles. The van der Waals surface area contributed by atoms with Crippen LogP contribution in [0.1, 0.15) is 37.5 Å². The van der Waals surface area contributed by atoms with Gasteiger partial charge in [-0.3, -0.25) is 0 Å². The van der Waals surface area contributed by atoms with Crippen LogP contribution in [0.2, 0.25) is 0 Å². The summed E-state index contributed by atoms with van der Waals surface area (Å²) in [5.41, 5.74) is 2.58. The highest BCUT2D eigenvalue weighted by atomic mass is 32.2. The molecule has 6 heteroatoms. The van der Waals surface area contributed by atoms with Gasteiger partial charge in [0.2, 0.25) is 10.0 Å². The van der Waals surface area contributed by atoms with Crippen molar-refractivity contribution in [3.8, 4) is 6.07 Å². The van der Waals surface area contributed by atoms with Crippen molar-refractivity contribution in [2.24, 2.45) is 0 Å². The highest BCUT2D eigenvalue weighted by molar-refractivity contribution is 7.89. The van der Waals surface area contributed by atoms with Gasteiger partial charge < -0.3 is 4.74 Å². The summed E-state index contributed by atoms with van der Waals surface area (Å²) < 4.78 is 32.6. The fourth-order valence-corrected chi connectivity index (χ4v) is 4.05. The summed E-state index contributed by atoms with van der Waals surface area (Å²) in [6, 6.07) is 16.0. The molecular formula is C21H26N2O3S. The molecule has 0 aliphatic carbocycles. The first-order chi connectivity index (χ1) is 12.7. The van der Waals surface area contributed by atoms with Gasteiger partial charge in [0.05, 0.1) is 23.1 Å². The average molecular weight is 387 g/mol. The zero-order valence-electron chi connectivity index (χ0n) is 16.3. The number of hydrogen-bond donors (Lipinski definition) is 0. The molecule has 0 fully saturated rings. The molecule has 2 rings (SSSR count). The Balaban J connectivity index is 2.29. The van der Waals surface area contributed by atoms with Crippen LogP contribution in [0.5, 0.6) is 0 Å². The lowest BCUT2D eigenvalue weighted by Gasteiger charge is -2.23. The van der Waals surface area contributed by atoms with Crippen LogP contribution in [0, 0.1) is 11.3 Å². The fourth-order valence-electron chi connectivity index (χ4n) is 2.64. The lowest BCUT2D eigenvalue weighted by Crippen LogP contribution is -2.33. The van der Waals surface area contributed by atoms with Gasteiger partial charge in [0.1, 0.15) is 0 Å². The largest absolute Gasteiger partial charge is 0.383 e. The van der Waals surface area contributed by atoms with E-state index in [2.05, 4.69) is 20.8 Å². The van der Waals surface area contributed by atoms with Crippen molar-refractivity contribution in [3.05, 3.63) is 65.2 Å². The zero-order chi connectivity index (χ0) is 20.1. The predicted molar refractivity (Wildman–Crippen MR) is 106 cm³/mol. The molecule has 0 saturated heterocycles. The summed E-state index contributed by atoms with van der Waals surface area (Å²) in [5.74, 6) is 0. The normalized spacial score (nSPS) is 12.1. The number of ether oxygens (including phenoxy) is 1. The second-order valence-electron chi connectivity index (χ2n) is 7.41. The minimum absolute atomic E-state index is 0.0445. The number of nitrogens with zero attached hydrogens (tertiary/aromatic N) is 2. The molecule has 0 unspecified atom stereocenters. The first-order valence-electron chi connectivity index (χ1n) is 8.77. The van der Waals surface area contributed by atoms with Crippen LogP contribution in [0.25, 0.3) is 0 Å². The zero-order valence-corrected chi connectivity index (χ0v) is 17.1. The first-order valence-corrected chi connectivity index (χ1v) is 10.2.